The second-order valence-electron chi connectivity index (χ2n) is 12.8. The summed E-state index contributed by atoms with van der Waals surface area (Å²) in [5.74, 6) is 0.0119. The van der Waals surface area contributed by atoms with Crippen molar-refractivity contribution in [3.05, 3.63) is 95.3 Å². The summed E-state index contributed by atoms with van der Waals surface area (Å²) in [7, 11) is 1.53. The van der Waals surface area contributed by atoms with E-state index in [1.165, 1.54) is 31.8 Å². The summed E-state index contributed by atoms with van der Waals surface area (Å²) in [6.07, 6.45) is 3.96. The van der Waals surface area contributed by atoms with Crippen LogP contribution in [0.4, 0.5) is 14.9 Å². The van der Waals surface area contributed by atoms with Crippen LogP contribution in [0.3, 0.4) is 0 Å². The van der Waals surface area contributed by atoms with Gasteiger partial charge in [-0.15, -0.1) is 0 Å². The highest BCUT2D eigenvalue weighted by atomic mass is 19.1. The van der Waals surface area contributed by atoms with Crippen LogP contribution in [0.1, 0.15) is 68.7 Å². The molecule has 1 aliphatic heterocycles. The number of ether oxygens (including phenoxy) is 4. The number of methoxy groups -OCH3 is 1. The molecule has 1 N–H and O–H groups in total. The molecular weight excluding hydrogens is 589 g/mol. The zero-order valence-corrected chi connectivity index (χ0v) is 27.3. The van der Waals surface area contributed by atoms with Crippen molar-refractivity contribution in [2.75, 3.05) is 12.4 Å². The van der Waals surface area contributed by atoms with Gasteiger partial charge in [0.25, 0.3) is 0 Å². The Kier molecular flexibility index (Phi) is 8.66. The van der Waals surface area contributed by atoms with Gasteiger partial charge >= 0.3 is 12.1 Å². The van der Waals surface area contributed by atoms with Crippen LogP contribution >= 0.6 is 0 Å². The molecule has 0 fully saturated rings. The third-order valence-corrected chi connectivity index (χ3v) is 7.33. The van der Waals surface area contributed by atoms with Crippen LogP contribution in [-0.4, -0.2) is 39.9 Å². The van der Waals surface area contributed by atoms with Crippen molar-refractivity contribution in [3.63, 3.8) is 0 Å². The topological polar surface area (TPSA) is 101 Å². The summed E-state index contributed by atoms with van der Waals surface area (Å²) < 4.78 is 38.1. The number of aromatic nitrogens is 2. The molecule has 46 heavy (non-hydrogen) atoms. The fraction of sp³-hybridized carbons (Fsp3) is 0.306. The minimum Gasteiger partial charge on any atom is -0.496 e. The number of nitrogens with one attached hydrogen (secondary N) is 1. The highest BCUT2D eigenvalue weighted by molar-refractivity contribution is 5.91. The number of aryl methyl sites for hydroxylation is 1. The molecule has 0 saturated carbocycles. The van der Waals surface area contributed by atoms with E-state index in [0.29, 0.717) is 11.5 Å². The Hall–Kier alpha value is -5.12. The first-order valence-electron chi connectivity index (χ1n) is 14.8. The van der Waals surface area contributed by atoms with Gasteiger partial charge in [-0.25, -0.2) is 23.5 Å². The molecule has 0 bridgehead atoms. The van der Waals surface area contributed by atoms with E-state index in [9.17, 15) is 14.0 Å². The number of anilines is 1. The number of benzene rings is 3. The molecule has 0 aliphatic carbocycles. The number of hydrogen-bond acceptors (Lipinski definition) is 8. The van der Waals surface area contributed by atoms with Crippen molar-refractivity contribution in [1.82, 2.24) is 9.55 Å². The summed E-state index contributed by atoms with van der Waals surface area (Å²) in [4.78, 5) is 29.3. The Labute approximate surface area is 268 Å². The minimum absolute atomic E-state index is 0.0617. The third kappa shape index (κ3) is 7.06. The summed E-state index contributed by atoms with van der Waals surface area (Å²) in [5.41, 5.74) is 5.29. The number of rotatable bonds is 7. The molecular formula is C36H38FN3O6. The first kappa shape index (κ1) is 32.3. The van der Waals surface area contributed by atoms with Gasteiger partial charge in [0.2, 0.25) is 0 Å². The van der Waals surface area contributed by atoms with E-state index >= 15 is 0 Å². The fourth-order valence-corrected chi connectivity index (χ4v) is 5.44. The normalized spacial score (nSPS) is 13.6. The van der Waals surface area contributed by atoms with E-state index in [1.807, 2.05) is 19.1 Å². The molecule has 2 heterocycles. The quantitative estimate of drug-likeness (QED) is 0.162. The maximum atomic E-state index is 14.1. The average Bonchev–Trinajstić information content (AvgIpc) is 3.47. The molecule has 240 valence electrons. The molecule has 9 nitrogen and oxygen atoms in total. The molecule has 1 aromatic heterocycles. The lowest BCUT2D eigenvalue weighted by molar-refractivity contribution is 0.0536. The lowest BCUT2D eigenvalue weighted by Crippen LogP contribution is -2.32. The van der Waals surface area contributed by atoms with E-state index in [0.717, 1.165) is 43.6 Å². The van der Waals surface area contributed by atoms with Crippen molar-refractivity contribution in [2.45, 2.75) is 66.2 Å². The Morgan fingerprint density at radius 2 is 1.74 bits per heavy atom. The number of halogens is 1. The van der Waals surface area contributed by atoms with Gasteiger partial charge in [0.05, 0.1) is 12.6 Å². The Morgan fingerprint density at radius 3 is 2.46 bits per heavy atom. The van der Waals surface area contributed by atoms with Crippen LogP contribution in [0.5, 0.6) is 17.2 Å². The molecule has 0 radical (unpaired) electrons. The van der Waals surface area contributed by atoms with E-state index in [4.69, 9.17) is 18.9 Å². The van der Waals surface area contributed by atoms with Crippen molar-refractivity contribution in [1.29, 1.82) is 0 Å². The molecule has 0 spiro atoms. The number of hydrogen-bond donors (Lipinski definition) is 1. The first-order valence-corrected chi connectivity index (χ1v) is 14.8. The molecule has 10 heteroatoms. The highest BCUT2D eigenvalue weighted by Gasteiger charge is 2.27. The second kappa shape index (κ2) is 12.3. The Morgan fingerprint density at radius 1 is 1.00 bits per heavy atom. The van der Waals surface area contributed by atoms with Gasteiger partial charge in [0, 0.05) is 40.7 Å². The molecule has 0 amide bonds. The SMILES string of the molecule is COc1cc(OC(=O)c2cn(C(=O)OC(C)(C)C)cn2)ccc1-c1ccc2c(c1COc1cc(F)ccc1C)C(C)=CC(C)(C)N2. The predicted molar refractivity (Wildman–Crippen MR) is 174 cm³/mol. The van der Waals surface area contributed by atoms with Crippen LogP contribution in [0.2, 0.25) is 0 Å². The number of carbonyl (C=O) groups excluding carboxylic acids is 2. The standard InChI is InChI=1S/C36H38FN3O6/c1-21-9-10-23(37)15-30(21)44-19-27-25(13-14-28-32(27)22(2)17-36(6,7)39-28)26-12-11-24(16-31(26)43-8)45-33(41)29-18-40(20-38-29)34(42)46-35(3,4)5/h9-18,20,39H,19H2,1-8H3. The maximum absolute atomic E-state index is 14.1. The molecule has 4 aromatic rings. The van der Waals surface area contributed by atoms with Gasteiger partial charge < -0.3 is 24.3 Å². The highest BCUT2D eigenvalue weighted by Crippen LogP contribution is 2.43. The fourth-order valence-electron chi connectivity index (χ4n) is 5.44. The van der Waals surface area contributed by atoms with Gasteiger partial charge in [-0.2, -0.15) is 0 Å². The predicted octanol–water partition coefficient (Wildman–Crippen LogP) is 8.20. The smallest absolute Gasteiger partial charge is 0.419 e. The number of carbonyl (C=O) groups is 2. The summed E-state index contributed by atoms with van der Waals surface area (Å²) in [6, 6.07) is 13.6. The van der Waals surface area contributed by atoms with Crippen LogP contribution in [0, 0.1) is 12.7 Å². The Bertz CT molecular complexity index is 1850. The van der Waals surface area contributed by atoms with Crippen LogP contribution < -0.4 is 19.5 Å². The van der Waals surface area contributed by atoms with E-state index in [-0.39, 0.29) is 29.4 Å². The zero-order chi connectivity index (χ0) is 33.4. The molecule has 0 atom stereocenters. The van der Waals surface area contributed by atoms with Crippen molar-refractivity contribution in [2.24, 2.45) is 0 Å². The zero-order valence-electron chi connectivity index (χ0n) is 27.3. The van der Waals surface area contributed by atoms with E-state index in [1.54, 1.807) is 45.0 Å². The van der Waals surface area contributed by atoms with Crippen LogP contribution in [-0.2, 0) is 11.3 Å². The summed E-state index contributed by atoms with van der Waals surface area (Å²) in [6.45, 7) is 13.5. The molecule has 0 saturated heterocycles. The lowest BCUT2D eigenvalue weighted by atomic mass is 9.85. The van der Waals surface area contributed by atoms with Crippen LogP contribution in [0.25, 0.3) is 16.7 Å². The van der Waals surface area contributed by atoms with Crippen molar-refractivity contribution < 1.29 is 32.9 Å². The first-order chi connectivity index (χ1) is 21.6. The number of nitrogens with zero attached hydrogens (tertiary/aromatic N) is 2. The van der Waals surface area contributed by atoms with E-state index < -0.39 is 17.7 Å². The van der Waals surface area contributed by atoms with Crippen LogP contribution in [0.15, 0.2) is 67.1 Å². The maximum Gasteiger partial charge on any atom is 0.419 e. The monoisotopic (exact) mass is 627 g/mol. The van der Waals surface area contributed by atoms with E-state index in [2.05, 4.69) is 37.1 Å². The van der Waals surface area contributed by atoms with Gasteiger partial charge in [-0.05, 0) is 89.4 Å². The van der Waals surface area contributed by atoms with Gasteiger partial charge in [-0.3, -0.25) is 0 Å². The lowest BCUT2D eigenvalue weighted by Gasteiger charge is -2.33. The molecule has 3 aromatic carbocycles. The molecule has 5 rings (SSSR count). The largest absolute Gasteiger partial charge is 0.496 e. The third-order valence-electron chi connectivity index (χ3n) is 7.33. The van der Waals surface area contributed by atoms with Gasteiger partial charge in [0.1, 0.15) is 41.6 Å². The second-order valence-corrected chi connectivity index (χ2v) is 12.8. The number of esters is 1. The minimum atomic E-state index is -0.750. The van der Waals surface area contributed by atoms with Gasteiger partial charge in [0.15, 0.2) is 5.69 Å². The number of fused-ring (bicyclic) bond motifs is 1. The summed E-state index contributed by atoms with van der Waals surface area (Å²) in [5, 5.41) is 3.58. The van der Waals surface area contributed by atoms with Gasteiger partial charge in [-0.1, -0.05) is 18.2 Å². The summed E-state index contributed by atoms with van der Waals surface area (Å²) >= 11 is 0. The number of imidazole rings is 1. The average molecular weight is 628 g/mol. The Balaban J connectivity index is 1.47. The molecule has 1 aliphatic rings. The number of allylic oxidation sites excluding steroid dienone is 1. The van der Waals surface area contributed by atoms with Crippen molar-refractivity contribution >= 4 is 23.3 Å². The van der Waals surface area contributed by atoms with Crippen molar-refractivity contribution in [3.8, 4) is 28.4 Å². The molecule has 0 unspecified atom stereocenters.